The molecule has 2 fully saturated rings. The van der Waals surface area contributed by atoms with E-state index < -0.39 is 29.3 Å². The second-order valence-electron chi connectivity index (χ2n) is 7.03. The van der Waals surface area contributed by atoms with Crippen LogP contribution in [0, 0.1) is 0 Å². The molecule has 2 aliphatic rings. The van der Waals surface area contributed by atoms with Crippen LogP contribution in [0.15, 0.2) is 0 Å². The standard InChI is InChI=1S/C15H24N2O6/c1-14(2,3)23-13(21)16-15(12(19)20)6-7-17(9-15)11(18)10-5-4-8-22-10/h10H,4-9H2,1-3H3,(H,16,21)(H,19,20)/t10-,15?/m0/s1. The molecule has 2 saturated heterocycles. The lowest BCUT2D eigenvalue weighted by atomic mass is 9.99. The predicted octanol–water partition coefficient (Wildman–Crippen LogP) is 0.746. The Hall–Kier alpha value is -1.83. The van der Waals surface area contributed by atoms with Gasteiger partial charge in [-0.25, -0.2) is 9.59 Å². The van der Waals surface area contributed by atoms with Crippen molar-refractivity contribution in [1.29, 1.82) is 0 Å². The second-order valence-corrected chi connectivity index (χ2v) is 7.03. The summed E-state index contributed by atoms with van der Waals surface area (Å²) in [6.07, 6.45) is 0.312. The lowest BCUT2D eigenvalue weighted by Gasteiger charge is -2.28. The van der Waals surface area contributed by atoms with Crippen LogP contribution in [0.5, 0.6) is 0 Å². The fourth-order valence-electron chi connectivity index (χ4n) is 2.80. The number of nitrogens with zero attached hydrogens (tertiary/aromatic N) is 1. The highest BCUT2D eigenvalue weighted by molar-refractivity contribution is 5.88. The van der Waals surface area contributed by atoms with Gasteiger partial charge in [0, 0.05) is 19.6 Å². The normalized spacial score (nSPS) is 27.8. The fraction of sp³-hybridized carbons (Fsp3) is 0.800. The first-order valence-corrected chi connectivity index (χ1v) is 7.78. The van der Waals surface area contributed by atoms with Crippen LogP contribution in [0.2, 0.25) is 0 Å². The summed E-state index contributed by atoms with van der Waals surface area (Å²) in [6, 6.07) is 0. The van der Waals surface area contributed by atoms with Crippen molar-refractivity contribution in [3.63, 3.8) is 0 Å². The molecular formula is C15H24N2O6. The molecular weight excluding hydrogens is 304 g/mol. The van der Waals surface area contributed by atoms with Crippen LogP contribution < -0.4 is 5.32 Å². The molecule has 23 heavy (non-hydrogen) atoms. The van der Waals surface area contributed by atoms with Crippen molar-refractivity contribution in [3.05, 3.63) is 0 Å². The van der Waals surface area contributed by atoms with Crippen LogP contribution in [0.3, 0.4) is 0 Å². The number of carboxylic acid groups (broad SMARTS) is 1. The van der Waals surface area contributed by atoms with E-state index in [2.05, 4.69) is 5.32 Å². The molecule has 130 valence electrons. The molecule has 2 N–H and O–H groups in total. The molecule has 2 heterocycles. The Labute approximate surface area is 135 Å². The zero-order chi connectivity index (χ0) is 17.3. The SMILES string of the molecule is CC(C)(C)OC(=O)NC1(C(=O)O)CCN(C(=O)[C@@H]2CCCO2)C1. The zero-order valence-corrected chi connectivity index (χ0v) is 13.8. The minimum absolute atomic E-state index is 0.0831. The molecule has 0 aliphatic carbocycles. The average Bonchev–Trinajstić information content (AvgIpc) is 3.05. The maximum Gasteiger partial charge on any atom is 0.408 e. The summed E-state index contributed by atoms with van der Waals surface area (Å²) >= 11 is 0. The van der Waals surface area contributed by atoms with Crippen LogP contribution in [-0.2, 0) is 19.1 Å². The van der Waals surface area contributed by atoms with Crippen molar-refractivity contribution in [1.82, 2.24) is 10.2 Å². The Morgan fingerprint density at radius 1 is 1.35 bits per heavy atom. The molecule has 1 unspecified atom stereocenters. The number of carbonyl (C=O) groups is 3. The third kappa shape index (κ3) is 4.13. The predicted molar refractivity (Wildman–Crippen MR) is 79.9 cm³/mol. The van der Waals surface area contributed by atoms with Crippen molar-refractivity contribution in [2.45, 2.75) is 57.3 Å². The van der Waals surface area contributed by atoms with Gasteiger partial charge in [0.05, 0.1) is 6.54 Å². The fourth-order valence-corrected chi connectivity index (χ4v) is 2.80. The molecule has 0 aromatic heterocycles. The number of ether oxygens (including phenoxy) is 2. The van der Waals surface area contributed by atoms with E-state index >= 15 is 0 Å². The molecule has 2 rings (SSSR count). The van der Waals surface area contributed by atoms with Gasteiger partial charge in [-0.05, 0) is 33.6 Å². The van der Waals surface area contributed by atoms with Gasteiger partial charge >= 0.3 is 12.1 Å². The van der Waals surface area contributed by atoms with E-state index in [0.29, 0.717) is 13.0 Å². The van der Waals surface area contributed by atoms with Gasteiger partial charge in [0.25, 0.3) is 5.91 Å². The lowest BCUT2D eigenvalue weighted by Crippen LogP contribution is -2.57. The lowest BCUT2D eigenvalue weighted by molar-refractivity contribution is -0.145. The quantitative estimate of drug-likeness (QED) is 0.792. The molecule has 0 saturated carbocycles. The number of rotatable bonds is 3. The molecule has 0 aromatic rings. The third-order valence-corrected chi connectivity index (χ3v) is 3.94. The van der Waals surface area contributed by atoms with Crippen LogP contribution in [0.4, 0.5) is 4.79 Å². The summed E-state index contributed by atoms with van der Waals surface area (Å²) in [5.41, 5.74) is -2.24. The first-order chi connectivity index (χ1) is 10.6. The molecule has 0 radical (unpaired) electrons. The van der Waals surface area contributed by atoms with Crippen LogP contribution >= 0.6 is 0 Å². The highest BCUT2D eigenvalue weighted by Crippen LogP contribution is 2.25. The molecule has 8 nitrogen and oxygen atoms in total. The number of likely N-dealkylation sites (tertiary alicyclic amines) is 1. The Morgan fingerprint density at radius 2 is 2.04 bits per heavy atom. The first-order valence-electron chi connectivity index (χ1n) is 7.78. The van der Waals surface area contributed by atoms with E-state index in [-0.39, 0.29) is 25.4 Å². The van der Waals surface area contributed by atoms with Gasteiger partial charge in [0.15, 0.2) is 5.54 Å². The number of carboxylic acids is 1. The number of aliphatic carboxylic acids is 1. The van der Waals surface area contributed by atoms with Gasteiger partial charge in [0.2, 0.25) is 0 Å². The van der Waals surface area contributed by atoms with Gasteiger partial charge in [-0.3, -0.25) is 4.79 Å². The van der Waals surface area contributed by atoms with Crippen molar-refractivity contribution in [2.75, 3.05) is 19.7 Å². The molecule has 8 heteroatoms. The van der Waals surface area contributed by atoms with Gasteiger partial charge in [0.1, 0.15) is 11.7 Å². The molecule has 0 spiro atoms. The molecule has 2 aliphatic heterocycles. The van der Waals surface area contributed by atoms with E-state index in [0.717, 1.165) is 6.42 Å². The monoisotopic (exact) mass is 328 g/mol. The van der Waals surface area contributed by atoms with E-state index in [4.69, 9.17) is 9.47 Å². The summed E-state index contributed by atoms with van der Waals surface area (Å²) in [5.74, 6) is -1.39. The summed E-state index contributed by atoms with van der Waals surface area (Å²) < 4.78 is 10.5. The van der Waals surface area contributed by atoms with Crippen LogP contribution in [-0.4, -0.2) is 64.9 Å². The van der Waals surface area contributed by atoms with Crippen molar-refractivity contribution in [2.24, 2.45) is 0 Å². The van der Waals surface area contributed by atoms with Crippen LogP contribution in [0.1, 0.15) is 40.0 Å². The van der Waals surface area contributed by atoms with E-state index in [9.17, 15) is 19.5 Å². The van der Waals surface area contributed by atoms with Gasteiger partial charge in [-0.15, -0.1) is 0 Å². The number of hydrogen-bond donors (Lipinski definition) is 2. The second kappa shape index (κ2) is 6.35. The van der Waals surface area contributed by atoms with Gasteiger partial charge in [-0.2, -0.15) is 0 Å². The van der Waals surface area contributed by atoms with E-state index in [1.807, 2.05) is 0 Å². The smallest absolute Gasteiger partial charge is 0.408 e. The maximum absolute atomic E-state index is 12.3. The van der Waals surface area contributed by atoms with Gasteiger partial charge < -0.3 is 24.8 Å². The summed E-state index contributed by atoms with van der Waals surface area (Å²) in [6.45, 7) is 5.82. The first kappa shape index (κ1) is 17.5. The topological polar surface area (TPSA) is 105 Å². The van der Waals surface area contributed by atoms with Crippen LogP contribution in [0.25, 0.3) is 0 Å². The average molecular weight is 328 g/mol. The van der Waals surface area contributed by atoms with Gasteiger partial charge in [-0.1, -0.05) is 0 Å². The number of nitrogens with one attached hydrogen (secondary N) is 1. The summed E-state index contributed by atoms with van der Waals surface area (Å²) in [7, 11) is 0. The Balaban J connectivity index is 2.03. The highest BCUT2D eigenvalue weighted by atomic mass is 16.6. The van der Waals surface area contributed by atoms with Crippen molar-refractivity contribution >= 4 is 18.0 Å². The van der Waals surface area contributed by atoms with Crippen molar-refractivity contribution in [3.8, 4) is 0 Å². The Morgan fingerprint density at radius 3 is 2.57 bits per heavy atom. The largest absolute Gasteiger partial charge is 0.479 e. The summed E-state index contributed by atoms with van der Waals surface area (Å²) in [5, 5.41) is 12.0. The van der Waals surface area contributed by atoms with Crippen molar-refractivity contribution < 1.29 is 29.0 Å². The van der Waals surface area contributed by atoms with E-state index in [1.54, 1.807) is 20.8 Å². The maximum atomic E-state index is 12.3. The minimum Gasteiger partial charge on any atom is -0.479 e. The Kier molecular flexibility index (Phi) is 4.84. The molecule has 0 bridgehead atoms. The Bertz CT molecular complexity index is 495. The molecule has 2 atom stereocenters. The number of hydrogen-bond acceptors (Lipinski definition) is 5. The highest BCUT2D eigenvalue weighted by Gasteiger charge is 2.49. The van der Waals surface area contributed by atoms with E-state index in [1.165, 1.54) is 4.90 Å². The number of amides is 2. The minimum atomic E-state index is -1.52. The third-order valence-electron chi connectivity index (χ3n) is 3.94. The number of carbonyl (C=O) groups excluding carboxylic acids is 2. The zero-order valence-electron chi connectivity index (χ0n) is 13.8. The molecule has 0 aromatic carbocycles. The summed E-state index contributed by atoms with van der Waals surface area (Å²) in [4.78, 5) is 37.4. The number of alkyl carbamates (subject to hydrolysis) is 1. The molecule has 2 amide bonds.